The third kappa shape index (κ3) is 4.01. The fraction of sp³-hybridized carbons (Fsp3) is 1.00. The second-order valence-corrected chi connectivity index (χ2v) is 3.60. The molecular weight excluding hydrogens is 266 g/mol. The van der Waals surface area contributed by atoms with Crippen LogP contribution in [0.4, 0.5) is 26.3 Å². The third-order valence-corrected chi connectivity index (χ3v) is 2.15. The molecule has 2 nitrogen and oxygen atoms in total. The lowest BCUT2D eigenvalue weighted by molar-refractivity contribution is -0.468. The molecule has 0 aliphatic heterocycles. The van der Waals surface area contributed by atoms with Crippen LogP contribution in [0.1, 0.15) is 33.1 Å². The van der Waals surface area contributed by atoms with E-state index in [-0.39, 0.29) is 6.42 Å². The van der Waals surface area contributed by atoms with E-state index >= 15 is 0 Å². The largest absolute Gasteiger partial charge is 0.453 e. The molecule has 18 heavy (non-hydrogen) atoms. The number of hydrogen-bond donors (Lipinski definition) is 0. The molecule has 0 aromatic carbocycles. The smallest absolute Gasteiger partial charge is 0.336 e. The van der Waals surface area contributed by atoms with E-state index in [4.69, 9.17) is 0 Å². The first kappa shape index (κ1) is 17.5. The SMILES string of the molecule is CCCCCOC(OCC)(C(F)(F)F)C(F)(F)F. The first-order valence-electron chi connectivity index (χ1n) is 5.53. The summed E-state index contributed by atoms with van der Waals surface area (Å²) in [4.78, 5) is 0. The normalized spacial score (nSPS) is 14.0. The number of rotatable bonds is 7. The van der Waals surface area contributed by atoms with Crippen LogP contribution in [0.3, 0.4) is 0 Å². The van der Waals surface area contributed by atoms with Gasteiger partial charge in [0.15, 0.2) is 0 Å². The van der Waals surface area contributed by atoms with Crippen molar-refractivity contribution < 1.29 is 35.8 Å². The first-order valence-corrected chi connectivity index (χ1v) is 5.53. The van der Waals surface area contributed by atoms with Crippen LogP contribution in [0.15, 0.2) is 0 Å². The van der Waals surface area contributed by atoms with Gasteiger partial charge in [0, 0.05) is 6.61 Å². The van der Waals surface area contributed by atoms with Gasteiger partial charge in [0.25, 0.3) is 0 Å². The quantitative estimate of drug-likeness (QED) is 0.398. The number of ether oxygens (including phenoxy) is 2. The van der Waals surface area contributed by atoms with Crippen molar-refractivity contribution in [3.8, 4) is 0 Å². The molecule has 0 N–H and O–H groups in total. The first-order chi connectivity index (χ1) is 8.12. The van der Waals surface area contributed by atoms with Crippen LogP contribution in [0.2, 0.25) is 0 Å². The summed E-state index contributed by atoms with van der Waals surface area (Å²) in [5.74, 6) is -4.53. The van der Waals surface area contributed by atoms with E-state index < -0.39 is 31.4 Å². The Balaban J connectivity index is 4.99. The van der Waals surface area contributed by atoms with Crippen molar-refractivity contribution in [2.45, 2.75) is 51.2 Å². The van der Waals surface area contributed by atoms with Crippen LogP contribution in [0.25, 0.3) is 0 Å². The fourth-order valence-electron chi connectivity index (χ4n) is 1.30. The van der Waals surface area contributed by atoms with Crippen molar-refractivity contribution in [3.63, 3.8) is 0 Å². The van der Waals surface area contributed by atoms with Crippen molar-refractivity contribution in [1.82, 2.24) is 0 Å². The Kier molecular flexibility index (Phi) is 6.42. The molecule has 0 aliphatic carbocycles. The Morgan fingerprint density at radius 3 is 1.61 bits per heavy atom. The average Bonchev–Trinajstić information content (AvgIpc) is 2.19. The van der Waals surface area contributed by atoms with Gasteiger partial charge in [-0.05, 0) is 13.3 Å². The van der Waals surface area contributed by atoms with Crippen molar-refractivity contribution in [1.29, 1.82) is 0 Å². The summed E-state index contributed by atoms with van der Waals surface area (Å²) in [5, 5.41) is 0. The zero-order valence-electron chi connectivity index (χ0n) is 10.1. The average molecular weight is 282 g/mol. The highest BCUT2D eigenvalue weighted by molar-refractivity contribution is 4.87. The fourth-order valence-corrected chi connectivity index (χ4v) is 1.30. The maximum Gasteiger partial charge on any atom is 0.453 e. The second-order valence-electron chi connectivity index (χ2n) is 3.60. The lowest BCUT2D eigenvalue weighted by atomic mass is 10.2. The van der Waals surface area contributed by atoms with E-state index in [1.807, 2.05) is 0 Å². The Hall–Kier alpha value is -0.500. The van der Waals surface area contributed by atoms with E-state index in [9.17, 15) is 26.3 Å². The van der Waals surface area contributed by atoms with Crippen LogP contribution in [-0.4, -0.2) is 31.4 Å². The molecule has 0 saturated heterocycles. The molecule has 0 aliphatic rings. The van der Waals surface area contributed by atoms with Crippen molar-refractivity contribution in [2.24, 2.45) is 0 Å². The van der Waals surface area contributed by atoms with E-state index in [1.165, 1.54) is 0 Å². The lowest BCUT2D eigenvalue weighted by Crippen LogP contribution is -2.60. The molecule has 110 valence electrons. The topological polar surface area (TPSA) is 18.5 Å². The Morgan fingerprint density at radius 2 is 1.28 bits per heavy atom. The second kappa shape index (κ2) is 6.60. The van der Waals surface area contributed by atoms with Gasteiger partial charge >= 0.3 is 18.1 Å². The van der Waals surface area contributed by atoms with Crippen molar-refractivity contribution in [3.05, 3.63) is 0 Å². The maximum atomic E-state index is 12.6. The molecule has 0 rings (SSSR count). The Bertz CT molecular complexity index is 222. The Morgan fingerprint density at radius 1 is 0.778 bits per heavy atom. The van der Waals surface area contributed by atoms with Gasteiger partial charge in [-0.15, -0.1) is 0 Å². The molecule has 0 unspecified atom stereocenters. The molecule has 0 amide bonds. The van der Waals surface area contributed by atoms with Crippen molar-refractivity contribution >= 4 is 0 Å². The third-order valence-electron chi connectivity index (χ3n) is 2.15. The highest BCUT2D eigenvalue weighted by Gasteiger charge is 2.74. The van der Waals surface area contributed by atoms with Gasteiger partial charge in [-0.25, -0.2) is 0 Å². The standard InChI is InChI=1S/C10H16F6O2/c1-3-5-6-7-18-8(17-4-2,9(11,12)13)10(14,15)16/h3-7H2,1-2H3. The van der Waals surface area contributed by atoms with E-state index in [0.717, 1.165) is 6.92 Å². The summed E-state index contributed by atoms with van der Waals surface area (Å²) in [6, 6.07) is 0. The van der Waals surface area contributed by atoms with Gasteiger partial charge in [0.2, 0.25) is 0 Å². The summed E-state index contributed by atoms with van der Waals surface area (Å²) in [6.07, 6.45) is -10.1. The number of alkyl halides is 6. The van der Waals surface area contributed by atoms with Crippen LogP contribution in [0, 0.1) is 0 Å². The zero-order chi connectivity index (χ0) is 14.4. The van der Waals surface area contributed by atoms with E-state index in [0.29, 0.717) is 12.8 Å². The maximum absolute atomic E-state index is 12.6. The summed E-state index contributed by atoms with van der Waals surface area (Å²) in [6.45, 7) is 1.39. The highest BCUT2D eigenvalue weighted by Crippen LogP contribution is 2.46. The van der Waals surface area contributed by atoms with Gasteiger partial charge in [0.05, 0.1) is 6.61 Å². The molecule has 0 saturated carbocycles. The van der Waals surface area contributed by atoms with Gasteiger partial charge in [-0.1, -0.05) is 19.8 Å². The predicted molar refractivity (Wildman–Crippen MR) is 51.9 cm³/mol. The van der Waals surface area contributed by atoms with Gasteiger partial charge in [-0.2, -0.15) is 26.3 Å². The lowest BCUT2D eigenvalue weighted by Gasteiger charge is -2.36. The van der Waals surface area contributed by atoms with Crippen LogP contribution < -0.4 is 0 Å². The van der Waals surface area contributed by atoms with Gasteiger partial charge < -0.3 is 9.47 Å². The molecule has 0 fully saturated rings. The molecule has 0 heterocycles. The summed E-state index contributed by atoms with van der Waals surface area (Å²) in [7, 11) is 0. The minimum Gasteiger partial charge on any atom is -0.336 e. The molecular formula is C10H16F6O2. The summed E-state index contributed by atoms with van der Waals surface area (Å²) in [5.41, 5.74) is 0. The van der Waals surface area contributed by atoms with Crippen LogP contribution in [0.5, 0.6) is 0 Å². The van der Waals surface area contributed by atoms with Crippen LogP contribution in [-0.2, 0) is 9.47 Å². The number of halogens is 6. The molecule has 0 spiro atoms. The minimum atomic E-state index is -5.67. The highest BCUT2D eigenvalue weighted by atomic mass is 19.4. The summed E-state index contributed by atoms with van der Waals surface area (Å²) < 4.78 is 83.5. The molecule has 8 heteroatoms. The molecule has 0 atom stereocenters. The van der Waals surface area contributed by atoms with Crippen molar-refractivity contribution in [2.75, 3.05) is 13.2 Å². The van der Waals surface area contributed by atoms with Crippen LogP contribution >= 0.6 is 0 Å². The van der Waals surface area contributed by atoms with E-state index in [2.05, 4.69) is 9.47 Å². The molecule has 0 aromatic heterocycles. The zero-order valence-corrected chi connectivity index (χ0v) is 10.1. The Labute approximate surface area is 101 Å². The predicted octanol–water partition coefficient (Wildman–Crippen LogP) is 4.05. The molecule has 0 aromatic rings. The molecule has 0 radical (unpaired) electrons. The number of unbranched alkanes of at least 4 members (excludes halogenated alkanes) is 2. The molecule has 0 bridgehead atoms. The minimum absolute atomic E-state index is 0.109. The van der Waals surface area contributed by atoms with Gasteiger partial charge in [0.1, 0.15) is 0 Å². The van der Waals surface area contributed by atoms with Gasteiger partial charge in [-0.3, -0.25) is 0 Å². The number of hydrogen-bond acceptors (Lipinski definition) is 2. The van der Waals surface area contributed by atoms with E-state index in [1.54, 1.807) is 6.92 Å². The monoisotopic (exact) mass is 282 g/mol. The summed E-state index contributed by atoms with van der Waals surface area (Å²) >= 11 is 0.